The summed E-state index contributed by atoms with van der Waals surface area (Å²) in [6.45, 7) is 1.58. The molecule has 1 fully saturated rings. The zero-order valence-corrected chi connectivity index (χ0v) is 12.8. The molecule has 1 unspecified atom stereocenters. The second-order valence-corrected chi connectivity index (χ2v) is 7.32. The Morgan fingerprint density at radius 2 is 2.05 bits per heavy atom. The second kappa shape index (κ2) is 5.61. The molecular weight excluding hydrogens is 286 g/mol. The van der Waals surface area contributed by atoms with Crippen LogP contribution in [0.25, 0.3) is 10.9 Å². The topological polar surface area (TPSA) is 62.3 Å². The number of nitrogens with zero attached hydrogens (tertiary/aromatic N) is 2. The Kier molecular flexibility index (Phi) is 3.82. The highest BCUT2D eigenvalue weighted by Gasteiger charge is 2.23. The summed E-state index contributed by atoms with van der Waals surface area (Å²) in [7, 11) is -3.16. The molecule has 0 radical (unpaired) electrons. The molecule has 1 atom stereocenters. The molecule has 0 saturated carbocycles. The molecule has 2 heterocycles. The lowest BCUT2D eigenvalue weighted by molar-refractivity contribution is 0.466. The van der Waals surface area contributed by atoms with Gasteiger partial charge in [-0.15, -0.1) is 0 Å². The van der Waals surface area contributed by atoms with Gasteiger partial charge in [0, 0.05) is 24.5 Å². The quantitative estimate of drug-likeness (QED) is 0.938. The van der Waals surface area contributed by atoms with Gasteiger partial charge in [0.15, 0.2) is 0 Å². The van der Waals surface area contributed by atoms with Crippen molar-refractivity contribution >= 4 is 26.7 Å². The number of hydrogen-bond acceptors (Lipinski definition) is 4. The van der Waals surface area contributed by atoms with Crippen LogP contribution in [0, 0.1) is 0 Å². The number of aromatic nitrogens is 1. The maximum absolute atomic E-state index is 11.4. The SMILES string of the molecule is CS(=O)(=O)NC1CCCN(c2ccc3ccccc3n2)C1. The molecule has 112 valence electrons. The molecule has 2 aromatic rings. The summed E-state index contributed by atoms with van der Waals surface area (Å²) in [5.41, 5.74) is 0.966. The normalized spacial score (nSPS) is 19.9. The Balaban J connectivity index is 1.81. The van der Waals surface area contributed by atoms with Crippen LogP contribution in [0.15, 0.2) is 36.4 Å². The molecule has 1 aliphatic heterocycles. The minimum atomic E-state index is -3.16. The number of benzene rings is 1. The van der Waals surface area contributed by atoms with Gasteiger partial charge >= 0.3 is 0 Å². The zero-order chi connectivity index (χ0) is 14.9. The van der Waals surface area contributed by atoms with Gasteiger partial charge in [-0.2, -0.15) is 0 Å². The van der Waals surface area contributed by atoms with Gasteiger partial charge in [-0.1, -0.05) is 18.2 Å². The molecule has 6 heteroatoms. The Hall–Kier alpha value is -1.66. The van der Waals surface area contributed by atoms with Crippen LogP contribution in [-0.2, 0) is 10.0 Å². The first kappa shape index (κ1) is 14.3. The fourth-order valence-corrected chi connectivity index (χ4v) is 3.61. The molecule has 1 N–H and O–H groups in total. The second-order valence-electron chi connectivity index (χ2n) is 5.54. The maximum Gasteiger partial charge on any atom is 0.209 e. The van der Waals surface area contributed by atoms with Crippen LogP contribution in [0.5, 0.6) is 0 Å². The largest absolute Gasteiger partial charge is 0.355 e. The van der Waals surface area contributed by atoms with Crippen LogP contribution in [0.4, 0.5) is 5.82 Å². The minimum absolute atomic E-state index is 0.0398. The summed E-state index contributed by atoms with van der Waals surface area (Å²) in [6, 6.07) is 12.0. The average molecular weight is 305 g/mol. The molecule has 5 nitrogen and oxygen atoms in total. The molecule has 0 amide bonds. The van der Waals surface area contributed by atoms with Crippen molar-refractivity contribution in [3.8, 4) is 0 Å². The third-order valence-corrected chi connectivity index (χ3v) is 4.47. The number of hydrogen-bond donors (Lipinski definition) is 1. The van der Waals surface area contributed by atoms with Gasteiger partial charge in [0.2, 0.25) is 10.0 Å². The van der Waals surface area contributed by atoms with Crippen LogP contribution in [-0.4, -0.2) is 38.8 Å². The van der Waals surface area contributed by atoms with Gasteiger partial charge in [-0.3, -0.25) is 0 Å². The standard InChI is InChI=1S/C15H19N3O2S/c1-21(19,20)17-13-6-4-10-18(11-13)15-9-8-12-5-2-3-7-14(12)16-15/h2-3,5,7-9,13,17H,4,6,10-11H2,1H3. The summed E-state index contributed by atoms with van der Waals surface area (Å²) in [6.07, 6.45) is 3.04. The number of piperidine rings is 1. The predicted molar refractivity (Wildman–Crippen MR) is 85.0 cm³/mol. The van der Waals surface area contributed by atoms with E-state index in [1.807, 2.05) is 30.3 Å². The Bertz CT molecular complexity index is 745. The van der Waals surface area contributed by atoms with Crippen LogP contribution in [0.3, 0.4) is 0 Å². The van der Waals surface area contributed by atoms with Crippen molar-refractivity contribution in [2.75, 3.05) is 24.2 Å². The fourth-order valence-electron chi connectivity index (χ4n) is 2.82. The van der Waals surface area contributed by atoms with E-state index < -0.39 is 10.0 Å². The number of pyridine rings is 1. The average Bonchev–Trinajstić information content (AvgIpc) is 2.45. The Morgan fingerprint density at radius 1 is 1.24 bits per heavy atom. The third kappa shape index (κ3) is 3.51. The molecule has 21 heavy (non-hydrogen) atoms. The van der Waals surface area contributed by atoms with E-state index in [2.05, 4.69) is 20.7 Å². The number of anilines is 1. The first-order valence-electron chi connectivity index (χ1n) is 7.09. The summed E-state index contributed by atoms with van der Waals surface area (Å²) in [5.74, 6) is 0.911. The van der Waals surface area contributed by atoms with Crippen molar-refractivity contribution < 1.29 is 8.42 Å². The number of fused-ring (bicyclic) bond motifs is 1. The van der Waals surface area contributed by atoms with Crippen molar-refractivity contribution in [3.05, 3.63) is 36.4 Å². The highest BCUT2D eigenvalue weighted by molar-refractivity contribution is 7.88. The van der Waals surface area contributed by atoms with Gasteiger partial charge in [-0.05, 0) is 31.0 Å². The van der Waals surface area contributed by atoms with Gasteiger partial charge in [0.25, 0.3) is 0 Å². The van der Waals surface area contributed by atoms with Crippen molar-refractivity contribution in [2.24, 2.45) is 0 Å². The molecular formula is C15H19N3O2S. The van der Waals surface area contributed by atoms with Gasteiger partial charge in [0.1, 0.15) is 5.82 Å². The molecule has 0 bridgehead atoms. The van der Waals surface area contributed by atoms with E-state index in [1.165, 1.54) is 6.26 Å². The molecule has 1 aromatic heterocycles. The van der Waals surface area contributed by atoms with E-state index >= 15 is 0 Å². The van der Waals surface area contributed by atoms with E-state index in [-0.39, 0.29) is 6.04 Å². The molecule has 0 spiro atoms. The van der Waals surface area contributed by atoms with Crippen LogP contribution in [0.1, 0.15) is 12.8 Å². The van der Waals surface area contributed by atoms with Crippen LogP contribution >= 0.6 is 0 Å². The zero-order valence-electron chi connectivity index (χ0n) is 12.0. The lowest BCUT2D eigenvalue weighted by Crippen LogP contribution is -2.47. The maximum atomic E-state index is 11.4. The minimum Gasteiger partial charge on any atom is -0.355 e. The number of para-hydroxylation sites is 1. The van der Waals surface area contributed by atoms with Crippen molar-refractivity contribution in [2.45, 2.75) is 18.9 Å². The molecule has 1 aliphatic rings. The Labute approximate surface area is 125 Å². The van der Waals surface area contributed by atoms with E-state index in [4.69, 9.17) is 0 Å². The third-order valence-electron chi connectivity index (χ3n) is 3.71. The van der Waals surface area contributed by atoms with Crippen molar-refractivity contribution in [1.29, 1.82) is 0 Å². The van der Waals surface area contributed by atoms with Gasteiger partial charge in [-0.25, -0.2) is 18.1 Å². The lowest BCUT2D eigenvalue weighted by atomic mass is 10.1. The van der Waals surface area contributed by atoms with Crippen LogP contribution < -0.4 is 9.62 Å². The number of rotatable bonds is 3. The molecule has 0 aliphatic carbocycles. The van der Waals surface area contributed by atoms with E-state index in [1.54, 1.807) is 0 Å². The van der Waals surface area contributed by atoms with Crippen molar-refractivity contribution in [3.63, 3.8) is 0 Å². The smallest absolute Gasteiger partial charge is 0.209 e. The highest BCUT2D eigenvalue weighted by atomic mass is 32.2. The first-order valence-corrected chi connectivity index (χ1v) is 8.98. The molecule has 3 rings (SSSR count). The van der Waals surface area contributed by atoms with Gasteiger partial charge < -0.3 is 4.90 Å². The van der Waals surface area contributed by atoms with Crippen molar-refractivity contribution in [1.82, 2.24) is 9.71 Å². The number of sulfonamides is 1. The van der Waals surface area contributed by atoms with Crippen LogP contribution in [0.2, 0.25) is 0 Å². The fraction of sp³-hybridized carbons (Fsp3) is 0.400. The Morgan fingerprint density at radius 3 is 2.86 bits per heavy atom. The summed E-state index contributed by atoms with van der Waals surface area (Å²) in [4.78, 5) is 6.83. The van der Waals surface area contributed by atoms with E-state index in [0.717, 1.165) is 36.1 Å². The summed E-state index contributed by atoms with van der Waals surface area (Å²) in [5, 5.41) is 1.11. The summed E-state index contributed by atoms with van der Waals surface area (Å²) >= 11 is 0. The number of nitrogens with one attached hydrogen (secondary N) is 1. The van der Waals surface area contributed by atoms with Gasteiger partial charge in [0.05, 0.1) is 11.8 Å². The van der Waals surface area contributed by atoms with E-state index in [9.17, 15) is 8.42 Å². The monoisotopic (exact) mass is 305 g/mol. The molecule has 1 aromatic carbocycles. The first-order chi connectivity index (χ1) is 10.0. The predicted octanol–water partition coefficient (Wildman–Crippen LogP) is 1.75. The highest BCUT2D eigenvalue weighted by Crippen LogP contribution is 2.21. The summed E-state index contributed by atoms with van der Waals surface area (Å²) < 4.78 is 25.4. The van der Waals surface area contributed by atoms with E-state index in [0.29, 0.717) is 6.54 Å². The lowest BCUT2D eigenvalue weighted by Gasteiger charge is -2.33. The molecule has 1 saturated heterocycles.